The van der Waals surface area contributed by atoms with Gasteiger partial charge in [-0.2, -0.15) is 11.8 Å². The van der Waals surface area contributed by atoms with Crippen molar-refractivity contribution in [1.29, 1.82) is 0 Å². The van der Waals surface area contributed by atoms with E-state index in [1.165, 1.54) is 0 Å². The quantitative estimate of drug-likeness (QED) is 0.517. The molecule has 1 rings (SSSR count). The van der Waals surface area contributed by atoms with Crippen LogP contribution >= 0.6 is 11.8 Å². The van der Waals surface area contributed by atoms with Crippen molar-refractivity contribution in [2.24, 2.45) is 0 Å². The number of carbonyl (C=O) groups excluding carboxylic acids is 1. The Morgan fingerprint density at radius 1 is 1.29 bits per heavy atom. The summed E-state index contributed by atoms with van der Waals surface area (Å²) in [6, 6.07) is 7.48. The highest BCUT2D eigenvalue weighted by Crippen LogP contribution is 2.22. The number of ether oxygens (including phenoxy) is 2. The summed E-state index contributed by atoms with van der Waals surface area (Å²) >= 11 is 1.86. The van der Waals surface area contributed by atoms with Crippen molar-refractivity contribution >= 4 is 23.4 Å². The van der Waals surface area contributed by atoms with Crippen molar-refractivity contribution in [3.63, 3.8) is 0 Å². The number of thioether (sulfide) groups is 1. The van der Waals surface area contributed by atoms with Gasteiger partial charge >= 0.3 is 5.97 Å². The van der Waals surface area contributed by atoms with E-state index in [2.05, 4.69) is 11.8 Å². The van der Waals surface area contributed by atoms with E-state index in [1.807, 2.05) is 49.9 Å². The minimum absolute atomic E-state index is 0.185. The van der Waals surface area contributed by atoms with Crippen LogP contribution in [0, 0.1) is 0 Å². The Kier molecular flexibility index (Phi) is 8.05. The zero-order chi connectivity index (χ0) is 15.7. The van der Waals surface area contributed by atoms with Crippen molar-refractivity contribution in [1.82, 2.24) is 0 Å². The van der Waals surface area contributed by atoms with E-state index in [4.69, 9.17) is 9.47 Å². The molecule has 1 aromatic rings. The number of hydrogen-bond donors (Lipinski definition) is 0. The van der Waals surface area contributed by atoms with E-state index < -0.39 is 0 Å². The fourth-order valence-electron chi connectivity index (χ4n) is 2.02. The highest BCUT2D eigenvalue weighted by atomic mass is 32.2. The van der Waals surface area contributed by atoms with Crippen LogP contribution in [0.5, 0.6) is 5.75 Å². The van der Waals surface area contributed by atoms with Crippen LogP contribution in [-0.4, -0.2) is 43.8 Å². The Labute approximate surface area is 131 Å². The summed E-state index contributed by atoms with van der Waals surface area (Å²) < 4.78 is 10.3. The molecule has 4 nitrogen and oxygen atoms in total. The lowest BCUT2D eigenvalue weighted by atomic mass is 10.2. The molecule has 0 fully saturated rings. The molecule has 0 aromatic heterocycles. The molecule has 0 aliphatic carbocycles. The largest absolute Gasteiger partial charge is 0.497 e. The van der Waals surface area contributed by atoms with Gasteiger partial charge in [0, 0.05) is 18.0 Å². The summed E-state index contributed by atoms with van der Waals surface area (Å²) in [7, 11) is 1.64. The summed E-state index contributed by atoms with van der Waals surface area (Å²) in [6.07, 6.45) is 0. The third-order valence-electron chi connectivity index (χ3n) is 3.18. The molecule has 0 spiro atoms. The molecule has 0 radical (unpaired) electrons. The summed E-state index contributed by atoms with van der Waals surface area (Å²) in [5.74, 6) is 2.68. The van der Waals surface area contributed by atoms with E-state index in [0.717, 1.165) is 29.5 Å². The second-order valence-corrected chi connectivity index (χ2v) is 5.91. The van der Waals surface area contributed by atoms with E-state index in [1.54, 1.807) is 7.11 Å². The lowest BCUT2D eigenvalue weighted by molar-refractivity contribution is -0.144. The average Bonchev–Trinajstić information content (AvgIpc) is 2.51. The lowest BCUT2D eigenvalue weighted by Crippen LogP contribution is -2.41. The Hall–Kier alpha value is -1.36. The van der Waals surface area contributed by atoms with Crippen molar-refractivity contribution in [3.05, 3.63) is 24.3 Å². The van der Waals surface area contributed by atoms with Gasteiger partial charge < -0.3 is 14.4 Å². The molecule has 0 aliphatic rings. The van der Waals surface area contributed by atoms with Gasteiger partial charge in [-0.05, 0) is 43.9 Å². The highest BCUT2D eigenvalue weighted by molar-refractivity contribution is 7.99. The van der Waals surface area contributed by atoms with Crippen LogP contribution in [0.3, 0.4) is 0 Å². The van der Waals surface area contributed by atoms with Gasteiger partial charge in [0.1, 0.15) is 11.8 Å². The molecule has 1 aromatic carbocycles. The molecule has 0 saturated carbocycles. The Balaban J connectivity index is 2.86. The second kappa shape index (κ2) is 9.55. The Morgan fingerprint density at radius 2 is 1.95 bits per heavy atom. The van der Waals surface area contributed by atoms with E-state index in [9.17, 15) is 4.79 Å². The number of rotatable bonds is 9. The third kappa shape index (κ3) is 5.50. The van der Waals surface area contributed by atoms with Crippen LogP contribution in [0.1, 0.15) is 20.8 Å². The molecular formula is C16H25NO3S. The standard InChI is InChI=1S/C16H25NO3S/c1-5-20-16(18)13(3)17(11-12-21-6-2)14-7-9-15(19-4)10-8-14/h7-10,13H,5-6,11-12H2,1-4H3/t13-/m0/s1. The van der Waals surface area contributed by atoms with Gasteiger partial charge in [-0.15, -0.1) is 0 Å². The predicted octanol–water partition coefficient (Wildman–Crippen LogP) is 3.21. The molecule has 0 heterocycles. The van der Waals surface area contributed by atoms with Gasteiger partial charge in [0.25, 0.3) is 0 Å². The lowest BCUT2D eigenvalue weighted by Gasteiger charge is -2.29. The average molecular weight is 311 g/mol. The molecule has 21 heavy (non-hydrogen) atoms. The van der Waals surface area contributed by atoms with Crippen molar-refractivity contribution in [2.75, 3.05) is 36.7 Å². The van der Waals surface area contributed by atoms with Crippen LogP contribution in [0.25, 0.3) is 0 Å². The summed E-state index contributed by atoms with van der Waals surface area (Å²) in [4.78, 5) is 14.1. The fraction of sp³-hybridized carbons (Fsp3) is 0.562. The molecule has 0 unspecified atom stereocenters. The summed E-state index contributed by atoms with van der Waals surface area (Å²) in [5, 5.41) is 0. The minimum atomic E-state index is -0.296. The second-order valence-electron chi connectivity index (χ2n) is 4.52. The number of nitrogens with zero attached hydrogens (tertiary/aromatic N) is 1. The van der Waals surface area contributed by atoms with Gasteiger partial charge in [-0.3, -0.25) is 0 Å². The zero-order valence-corrected chi connectivity index (χ0v) is 14.1. The molecule has 0 N–H and O–H groups in total. The molecule has 118 valence electrons. The van der Waals surface area contributed by atoms with Crippen molar-refractivity contribution < 1.29 is 14.3 Å². The maximum atomic E-state index is 12.0. The Bertz CT molecular complexity index is 422. The van der Waals surface area contributed by atoms with Gasteiger partial charge in [-0.1, -0.05) is 6.92 Å². The van der Waals surface area contributed by atoms with Crippen LogP contribution in [0.2, 0.25) is 0 Å². The number of esters is 1. The number of carbonyl (C=O) groups is 1. The van der Waals surface area contributed by atoms with Gasteiger partial charge in [0.05, 0.1) is 13.7 Å². The first kappa shape index (κ1) is 17.7. The monoisotopic (exact) mass is 311 g/mol. The SMILES string of the molecule is CCOC(=O)[C@H](C)N(CCSCC)c1ccc(OC)cc1. The maximum Gasteiger partial charge on any atom is 0.328 e. The summed E-state index contributed by atoms with van der Waals surface area (Å²) in [5.41, 5.74) is 1.01. The van der Waals surface area contributed by atoms with Crippen LogP contribution in [-0.2, 0) is 9.53 Å². The number of anilines is 1. The maximum absolute atomic E-state index is 12.0. The molecule has 0 amide bonds. The molecule has 0 aliphatic heterocycles. The van der Waals surface area contributed by atoms with E-state index >= 15 is 0 Å². The number of benzene rings is 1. The highest BCUT2D eigenvalue weighted by Gasteiger charge is 2.22. The zero-order valence-electron chi connectivity index (χ0n) is 13.3. The molecular weight excluding hydrogens is 286 g/mol. The van der Waals surface area contributed by atoms with E-state index in [0.29, 0.717) is 6.61 Å². The Morgan fingerprint density at radius 3 is 2.48 bits per heavy atom. The number of hydrogen-bond acceptors (Lipinski definition) is 5. The van der Waals surface area contributed by atoms with Crippen molar-refractivity contribution in [3.8, 4) is 5.75 Å². The van der Waals surface area contributed by atoms with Crippen molar-refractivity contribution in [2.45, 2.75) is 26.8 Å². The first-order valence-electron chi connectivity index (χ1n) is 7.29. The first-order chi connectivity index (χ1) is 10.1. The summed E-state index contributed by atoms with van der Waals surface area (Å²) in [6.45, 7) is 7.07. The topological polar surface area (TPSA) is 38.8 Å². The van der Waals surface area contributed by atoms with Gasteiger partial charge in [-0.25, -0.2) is 4.79 Å². The van der Waals surface area contributed by atoms with Crippen LogP contribution in [0.4, 0.5) is 5.69 Å². The van der Waals surface area contributed by atoms with E-state index in [-0.39, 0.29) is 12.0 Å². The molecule has 1 atom stereocenters. The minimum Gasteiger partial charge on any atom is -0.497 e. The smallest absolute Gasteiger partial charge is 0.328 e. The fourth-order valence-corrected chi connectivity index (χ4v) is 2.63. The van der Waals surface area contributed by atoms with Crippen LogP contribution in [0.15, 0.2) is 24.3 Å². The normalized spacial score (nSPS) is 11.8. The first-order valence-corrected chi connectivity index (χ1v) is 8.44. The predicted molar refractivity (Wildman–Crippen MR) is 89.4 cm³/mol. The molecule has 0 saturated heterocycles. The molecule has 5 heteroatoms. The number of methoxy groups -OCH3 is 1. The van der Waals surface area contributed by atoms with Crippen LogP contribution < -0.4 is 9.64 Å². The van der Waals surface area contributed by atoms with Gasteiger partial charge in [0.2, 0.25) is 0 Å². The van der Waals surface area contributed by atoms with Gasteiger partial charge in [0.15, 0.2) is 0 Å². The third-order valence-corrected chi connectivity index (χ3v) is 4.06. The molecule has 0 bridgehead atoms.